The van der Waals surface area contributed by atoms with Gasteiger partial charge in [0.1, 0.15) is 16.6 Å². The summed E-state index contributed by atoms with van der Waals surface area (Å²) in [7, 11) is 0. The molecule has 0 atom stereocenters. The van der Waals surface area contributed by atoms with E-state index in [1.807, 2.05) is 12.1 Å². The van der Waals surface area contributed by atoms with Crippen molar-refractivity contribution in [2.45, 2.75) is 6.42 Å². The second-order valence-corrected chi connectivity index (χ2v) is 5.84. The molecule has 0 radical (unpaired) electrons. The highest BCUT2D eigenvalue weighted by atomic mass is 35.5. The fraction of sp³-hybridized carbons (Fsp3) is 0.200. The van der Waals surface area contributed by atoms with Gasteiger partial charge in [0.25, 0.3) is 0 Å². The van der Waals surface area contributed by atoms with Gasteiger partial charge in [-0.1, -0.05) is 11.6 Å². The molecule has 2 heterocycles. The molecule has 0 saturated carbocycles. The minimum Gasteiger partial charge on any atom is -0.330 e. The Balaban J connectivity index is 2.44. The average molecular weight is 270 g/mol. The maximum absolute atomic E-state index is 9.03. The Morgan fingerprint density at radius 1 is 1.44 bits per heavy atom. The molecule has 2 aromatic heterocycles. The first kappa shape index (κ1) is 11.6. The number of nitrogens with two attached hydrogens (primary N) is 1. The van der Waals surface area contributed by atoms with E-state index in [1.165, 1.54) is 22.7 Å². The van der Waals surface area contributed by atoms with Crippen molar-refractivity contribution < 1.29 is 0 Å². The van der Waals surface area contributed by atoms with Crippen LogP contribution in [0.3, 0.4) is 0 Å². The van der Waals surface area contributed by atoms with Crippen molar-refractivity contribution in [2.24, 2.45) is 5.73 Å². The molecule has 0 unspecified atom stereocenters. The first-order valence-electron chi connectivity index (χ1n) is 4.60. The molecule has 0 aliphatic rings. The van der Waals surface area contributed by atoms with Crippen LogP contribution in [0, 0.1) is 11.3 Å². The third kappa shape index (κ3) is 2.25. The van der Waals surface area contributed by atoms with Gasteiger partial charge in [-0.15, -0.1) is 22.7 Å². The Kier molecular flexibility index (Phi) is 3.56. The van der Waals surface area contributed by atoms with Crippen molar-refractivity contribution in [1.82, 2.24) is 4.98 Å². The first-order chi connectivity index (χ1) is 7.74. The molecule has 0 fully saturated rings. The molecule has 0 saturated heterocycles. The van der Waals surface area contributed by atoms with Crippen molar-refractivity contribution >= 4 is 34.3 Å². The van der Waals surface area contributed by atoms with Gasteiger partial charge in [-0.2, -0.15) is 5.26 Å². The number of hydrogen-bond acceptors (Lipinski definition) is 5. The SMILES string of the molecule is N#Cc1sc(CCN)nc1-c1ccc(Cl)s1. The van der Waals surface area contributed by atoms with E-state index in [4.69, 9.17) is 22.6 Å². The zero-order valence-corrected chi connectivity index (χ0v) is 10.6. The second kappa shape index (κ2) is 4.93. The lowest BCUT2D eigenvalue weighted by Gasteiger charge is -1.90. The summed E-state index contributed by atoms with van der Waals surface area (Å²) < 4.78 is 0.701. The summed E-state index contributed by atoms with van der Waals surface area (Å²) >= 11 is 8.69. The fourth-order valence-electron chi connectivity index (χ4n) is 1.28. The maximum Gasteiger partial charge on any atom is 0.133 e. The van der Waals surface area contributed by atoms with E-state index >= 15 is 0 Å². The summed E-state index contributed by atoms with van der Waals surface area (Å²) in [6, 6.07) is 5.86. The molecule has 16 heavy (non-hydrogen) atoms. The van der Waals surface area contributed by atoms with Crippen molar-refractivity contribution in [3.05, 3.63) is 26.4 Å². The van der Waals surface area contributed by atoms with E-state index in [2.05, 4.69) is 11.1 Å². The van der Waals surface area contributed by atoms with E-state index in [1.54, 1.807) is 0 Å². The highest BCUT2D eigenvalue weighted by molar-refractivity contribution is 7.20. The lowest BCUT2D eigenvalue weighted by Crippen LogP contribution is -2.01. The predicted octanol–water partition coefficient (Wildman–Crippen LogP) is 2.90. The number of halogens is 1. The smallest absolute Gasteiger partial charge is 0.133 e. The Morgan fingerprint density at radius 2 is 2.25 bits per heavy atom. The Bertz CT molecular complexity index is 538. The molecule has 2 N–H and O–H groups in total. The lowest BCUT2D eigenvalue weighted by molar-refractivity contribution is 0.954. The quantitative estimate of drug-likeness (QED) is 0.932. The van der Waals surface area contributed by atoms with Crippen LogP contribution >= 0.6 is 34.3 Å². The summed E-state index contributed by atoms with van der Waals surface area (Å²) in [5, 5.41) is 9.93. The number of nitriles is 1. The van der Waals surface area contributed by atoms with Crippen LogP contribution in [0.25, 0.3) is 10.6 Å². The largest absolute Gasteiger partial charge is 0.330 e. The lowest BCUT2D eigenvalue weighted by atomic mass is 10.3. The molecule has 0 aliphatic heterocycles. The van der Waals surface area contributed by atoms with Crippen LogP contribution in [0.5, 0.6) is 0 Å². The number of aromatic nitrogens is 1. The Hall–Kier alpha value is -0.930. The van der Waals surface area contributed by atoms with Crippen LogP contribution in [0.2, 0.25) is 4.34 Å². The Morgan fingerprint density at radius 3 is 2.81 bits per heavy atom. The van der Waals surface area contributed by atoms with Gasteiger partial charge in [-0.3, -0.25) is 0 Å². The third-order valence-electron chi connectivity index (χ3n) is 1.94. The zero-order valence-electron chi connectivity index (χ0n) is 8.24. The van der Waals surface area contributed by atoms with Gasteiger partial charge < -0.3 is 5.73 Å². The normalized spacial score (nSPS) is 10.3. The van der Waals surface area contributed by atoms with Crippen LogP contribution in [0.4, 0.5) is 0 Å². The predicted molar refractivity (Wildman–Crippen MR) is 67.9 cm³/mol. The molecule has 2 aromatic rings. The van der Waals surface area contributed by atoms with Crippen molar-refractivity contribution in [3.8, 4) is 16.6 Å². The maximum atomic E-state index is 9.03. The molecule has 2 rings (SSSR count). The van der Waals surface area contributed by atoms with Gasteiger partial charge in [0, 0.05) is 6.42 Å². The molecule has 0 amide bonds. The van der Waals surface area contributed by atoms with Crippen LogP contribution < -0.4 is 5.73 Å². The first-order valence-corrected chi connectivity index (χ1v) is 6.61. The molecular weight excluding hydrogens is 262 g/mol. The molecule has 3 nitrogen and oxygen atoms in total. The monoisotopic (exact) mass is 269 g/mol. The average Bonchev–Trinajstić information content (AvgIpc) is 2.84. The molecule has 0 aromatic carbocycles. The molecule has 82 valence electrons. The van der Waals surface area contributed by atoms with Gasteiger partial charge >= 0.3 is 0 Å². The minimum atomic E-state index is 0.545. The minimum absolute atomic E-state index is 0.545. The van der Waals surface area contributed by atoms with Crippen molar-refractivity contribution in [2.75, 3.05) is 6.54 Å². The van der Waals surface area contributed by atoms with E-state index in [0.29, 0.717) is 22.2 Å². The fourth-order valence-corrected chi connectivity index (χ4v) is 3.27. The highest BCUT2D eigenvalue weighted by Crippen LogP contribution is 2.34. The number of hydrogen-bond donors (Lipinski definition) is 1. The van der Waals surface area contributed by atoms with Crippen LogP contribution in [0.15, 0.2) is 12.1 Å². The molecule has 0 bridgehead atoms. The number of thiazole rings is 1. The van der Waals surface area contributed by atoms with Gasteiger partial charge in [0.2, 0.25) is 0 Å². The van der Waals surface area contributed by atoms with E-state index in [9.17, 15) is 0 Å². The van der Waals surface area contributed by atoms with Crippen LogP contribution in [0.1, 0.15) is 9.88 Å². The number of rotatable bonds is 3. The van der Waals surface area contributed by atoms with Crippen LogP contribution in [-0.2, 0) is 6.42 Å². The van der Waals surface area contributed by atoms with E-state index in [0.717, 1.165) is 15.6 Å². The van der Waals surface area contributed by atoms with Gasteiger partial charge in [-0.05, 0) is 18.7 Å². The number of thiophene rings is 1. The van der Waals surface area contributed by atoms with Gasteiger partial charge in [-0.25, -0.2) is 4.98 Å². The summed E-state index contributed by atoms with van der Waals surface area (Å²) in [5.41, 5.74) is 6.20. The summed E-state index contributed by atoms with van der Waals surface area (Å²) in [6.45, 7) is 0.545. The molecule has 6 heteroatoms. The molecule has 0 spiro atoms. The standard InChI is InChI=1S/C10H8ClN3S2/c11-8-2-1-6(15-8)10-7(5-13)16-9(14-10)3-4-12/h1-2H,3-4,12H2. The summed E-state index contributed by atoms with van der Waals surface area (Å²) in [4.78, 5) is 5.98. The topological polar surface area (TPSA) is 62.7 Å². The van der Waals surface area contributed by atoms with Crippen molar-refractivity contribution in [1.29, 1.82) is 5.26 Å². The van der Waals surface area contributed by atoms with Gasteiger partial charge in [0.05, 0.1) is 14.2 Å². The second-order valence-electron chi connectivity index (χ2n) is 3.04. The zero-order chi connectivity index (χ0) is 11.5. The summed E-state index contributed by atoms with van der Waals surface area (Å²) in [5.74, 6) is 0. The third-order valence-corrected chi connectivity index (χ3v) is 4.20. The summed E-state index contributed by atoms with van der Waals surface area (Å²) in [6.07, 6.45) is 0.707. The number of nitrogens with zero attached hydrogens (tertiary/aromatic N) is 2. The van der Waals surface area contributed by atoms with E-state index in [-0.39, 0.29) is 0 Å². The molecule has 0 aliphatic carbocycles. The van der Waals surface area contributed by atoms with E-state index < -0.39 is 0 Å². The molecular formula is C10H8ClN3S2. The highest BCUT2D eigenvalue weighted by Gasteiger charge is 2.14. The van der Waals surface area contributed by atoms with Gasteiger partial charge in [0.15, 0.2) is 0 Å². The van der Waals surface area contributed by atoms with Crippen molar-refractivity contribution in [3.63, 3.8) is 0 Å². The van der Waals surface area contributed by atoms with Crippen LogP contribution in [-0.4, -0.2) is 11.5 Å². The Labute approximate surface area is 106 Å².